The van der Waals surface area contributed by atoms with Crippen molar-refractivity contribution in [2.24, 2.45) is 19.8 Å². The average molecular weight is 378 g/mol. The van der Waals surface area contributed by atoms with E-state index in [2.05, 4.69) is 5.32 Å². The largest absolute Gasteiger partial charge is 0.384 e. The Balaban J connectivity index is 2.45. The van der Waals surface area contributed by atoms with E-state index in [-0.39, 0.29) is 22.8 Å². The molecule has 0 unspecified atom stereocenters. The van der Waals surface area contributed by atoms with Gasteiger partial charge in [0.15, 0.2) is 0 Å². The molecule has 7 nitrogen and oxygen atoms in total. The van der Waals surface area contributed by atoms with E-state index < -0.39 is 17.2 Å². The lowest BCUT2D eigenvalue weighted by molar-refractivity contribution is 0.664. The fourth-order valence-electron chi connectivity index (χ4n) is 2.95. The number of nitrogens with zero attached hydrogens (tertiary/aromatic N) is 3. The normalized spacial score (nSPS) is 16.2. The zero-order chi connectivity index (χ0) is 18.5. The van der Waals surface area contributed by atoms with Crippen LogP contribution in [0.4, 0.5) is 5.82 Å². The number of halogens is 2. The van der Waals surface area contributed by atoms with Crippen LogP contribution in [0.5, 0.6) is 0 Å². The Kier molecular flexibility index (Phi) is 4.11. The van der Waals surface area contributed by atoms with E-state index in [0.29, 0.717) is 15.6 Å². The first-order chi connectivity index (χ1) is 11.8. The third-order valence-corrected chi connectivity index (χ3v) is 4.78. The minimum atomic E-state index is -0.809. The van der Waals surface area contributed by atoms with Gasteiger partial charge in [0.2, 0.25) is 0 Å². The molecule has 1 atom stereocenters. The first kappa shape index (κ1) is 17.1. The second-order valence-electron chi connectivity index (χ2n) is 5.63. The van der Waals surface area contributed by atoms with Crippen LogP contribution in [0.25, 0.3) is 0 Å². The maximum absolute atomic E-state index is 12.8. The molecule has 0 radical (unpaired) electrons. The van der Waals surface area contributed by atoms with Crippen LogP contribution in [0.1, 0.15) is 17.0 Å². The Morgan fingerprint density at radius 2 is 1.92 bits per heavy atom. The molecule has 9 heteroatoms. The van der Waals surface area contributed by atoms with Gasteiger partial charge < -0.3 is 11.1 Å². The zero-order valence-electron chi connectivity index (χ0n) is 13.3. The summed E-state index contributed by atoms with van der Waals surface area (Å²) in [7, 11) is 2.89. The summed E-state index contributed by atoms with van der Waals surface area (Å²) in [6.07, 6.45) is 0. The highest BCUT2D eigenvalue weighted by atomic mass is 35.5. The molecule has 2 heterocycles. The zero-order valence-corrected chi connectivity index (χ0v) is 14.8. The van der Waals surface area contributed by atoms with Crippen molar-refractivity contribution < 1.29 is 0 Å². The molecule has 3 N–H and O–H groups in total. The van der Waals surface area contributed by atoms with Gasteiger partial charge in [0.25, 0.3) is 5.56 Å². The Morgan fingerprint density at radius 3 is 2.52 bits per heavy atom. The topological polar surface area (TPSA) is 106 Å². The summed E-state index contributed by atoms with van der Waals surface area (Å²) in [5.41, 5.74) is 5.81. The summed E-state index contributed by atoms with van der Waals surface area (Å²) in [4.78, 5) is 25.0. The molecule has 0 amide bonds. The summed E-state index contributed by atoms with van der Waals surface area (Å²) in [6, 6.07) is 6.81. The molecule has 0 aliphatic carbocycles. The van der Waals surface area contributed by atoms with E-state index in [1.165, 1.54) is 24.7 Å². The van der Waals surface area contributed by atoms with Crippen LogP contribution in [-0.4, -0.2) is 9.13 Å². The maximum Gasteiger partial charge on any atom is 0.332 e. The molecule has 0 saturated carbocycles. The summed E-state index contributed by atoms with van der Waals surface area (Å²) >= 11 is 12.3. The van der Waals surface area contributed by atoms with Gasteiger partial charge in [0.05, 0.1) is 23.1 Å². The lowest BCUT2D eigenvalue weighted by Crippen LogP contribution is -2.43. The number of benzene rings is 1. The van der Waals surface area contributed by atoms with Crippen molar-refractivity contribution in [1.82, 2.24) is 9.13 Å². The first-order valence-corrected chi connectivity index (χ1v) is 7.95. The van der Waals surface area contributed by atoms with E-state index >= 15 is 0 Å². The molecule has 0 saturated heterocycles. The Hall–Kier alpha value is -2.69. The molecule has 0 bridgehead atoms. The fourth-order valence-corrected chi connectivity index (χ4v) is 3.47. The van der Waals surface area contributed by atoms with Crippen LogP contribution >= 0.6 is 23.2 Å². The molecule has 0 fully saturated rings. The molecular weight excluding hydrogens is 365 g/mol. The lowest BCUT2D eigenvalue weighted by atomic mass is 9.84. The first-order valence-electron chi connectivity index (χ1n) is 7.19. The molecule has 1 aromatic carbocycles. The van der Waals surface area contributed by atoms with Crippen LogP contribution in [0.3, 0.4) is 0 Å². The van der Waals surface area contributed by atoms with Gasteiger partial charge in [-0.1, -0.05) is 29.3 Å². The highest BCUT2D eigenvalue weighted by Gasteiger charge is 2.35. The van der Waals surface area contributed by atoms with Crippen molar-refractivity contribution in [3.63, 3.8) is 0 Å². The summed E-state index contributed by atoms with van der Waals surface area (Å²) in [6.45, 7) is 0. The second-order valence-corrected chi connectivity index (χ2v) is 6.47. The molecule has 2 aromatic rings. The van der Waals surface area contributed by atoms with Gasteiger partial charge in [-0.2, -0.15) is 5.26 Å². The number of aromatic nitrogens is 2. The third kappa shape index (κ3) is 2.51. The number of hydrogen-bond acceptors (Lipinski definition) is 5. The second kappa shape index (κ2) is 5.99. The van der Waals surface area contributed by atoms with Gasteiger partial charge >= 0.3 is 5.69 Å². The summed E-state index contributed by atoms with van der Waals surface area (Å²) in [5, 5.41) is 13.1. The van der Waals surface area contributed by atoms with Gasteiger partial charge in [-0.25, -0.2) is 4.79 Å². The van der Waals surface area contributed by atoms with E-state index in [9.17, 15) is 14.9 Å². The molecule has 1 aliphatic rings. The number of rotatable bonds is 1. The number of fused-ring (bicyclic) bond motifs is 1. The van der Waals surface area contributed by atoms with Crippen molar-refractivity contribution in [3.8, 4) is 6.07 Å². The van der Waals surface area contributed by atoms with Gasteiger partial charge in [-0.05, 0) is 17.7 Å². The number of nitriles is 1. The maximum atomic E-state index is 12.8. The van der Waals surface area contributed by atoms with Gasteiger partial charge in [-0.15, -0.1) is 0 Å². The number of hydrogen-bond donors (Lipinski definition) is 2. The summed E-state index contributed by atoms with van der Waals surface area (Å²) < 4.78 is 2.25. The van der Waals surface area contributed by atoms with Crippen molar-refractivity contribution in [2.75, 3.05) is 5.32 Å². The quantitative estimate of drug-likeness (QED) is 0.785. The Labute approximate surface area is 152 Å². The van der Waals surface area contributed by atoms with E-state index in [4.69, 9.17) is 28.9 Å². The minimum Gasteiger partial charge on any atom is -0.384 e. The van der Waals surface area contributed by atoms with Gasteiger partial charge in [0.1, 0.15) is 11.6 Å². The highest BCUT2D eigenvalue weighted by molar-refractivity contribution is 6.35. The fraction of sp³-hybridized carbons (Fsp3) is 0.188. The van der Waals surface area contributed by atoms with Crippen LogP contribution in [0.15, 0.2) is 39.2 Å². The van der Waals surface area contributed by atoms with Crippen molar-refractivity contribution in [2.45, 2.75) is 5.92 Å². The molecule has 3 rings (SSSR count). The highest BCUT2D eigenvalue weighted by Crippen LogP contribution is 2.41. The number of allylic oxidation sites excluding steroid dienone is 1. The molecule has 25 heavy (non-hydrogen) atoms. The predicted molar refractivity (Wildman–Crippen MR) is 95.7 cm³/mol. The number of anilines is 1. The van der Waals surface area contributed by atoms with Crippen LogP contribution in [-0.2, 0) is 14.1 Å². The van der Waals surface area contributed by atoms with Crippen molar-refractivity contribution in [3.05, 3.63) is 71.6 Å². The Bertz CT molecular complexity index is 1090. The Morgan fingerprint density at radius 1 is 1.24 bits per heavy atom. The molecule has 1 aliphatic heterocycles. The molecule has 128 valence electrons. The van der Waals surface area contributed by atoms with E-state index in [1.54, 1.807) is 12.1 Å². The standard InChI is InChI=1S/C16H13Cl2N5O2/c1-22-14-12(15(24)23(2)16(22)25)11(9(6-19)13(20)21-14)8-4-3-7(17)5-10(8)18/h3-5,11,21H,20H2,1-2H3/t11-/m0/s1. The smallest absolute Gasteiger partial charge is 0.332 e. The van der Waals surface area contributed by atoms with Crippen molar-refractivity contribution >= 4 is 29.0 Å². The number of nitrogens with one attached hydrogen (secondary N) is 1. The van der Waals surface area contributed by atoms with E-state index in [1.807, 2.05) is 6.07 Å². The van der Waals surface area contributed by atoms with Gasteiger partial charge in [-0.3, -0.25) is 13.9 Å². The minimum absolute atomic E-state index is 0.0641. The SMILES string of the molecule is Cn1c2c(c(=O)n(C)c1=O)[C@@H](c1ccc(Cl)cc1Cl)C(C#N)=C(N)N2. The lowest BCUT2D eigenvalue weighted by Gasteiger charge is -2.29. The van der Waals surface area contributed by atoms with Crippen LogP contribution < -0.4 is 22.3 Å². The summed E-state index contributed by atoms with van der Waals surface area (Å²) in [5.74, 6) is -0.508. The van der Waals surface area contributed by atoms with Gasteiger partial charge in [0, 0.05) is 24.1 Å². The molecular formula is C16H13Cl2N5O2. The average Bonchev–Trinajstić information content (AvgIpc) is 2.57. The van der Waals surface area contributed by atoms with Crippen LogP contribution in [0, 0.1) is 11.3 Å². The van der Waals surface area contributed by atoms with E-state index in [0.717, 1.165) is 4.57 Å². The molecule has 0 spiro atoms. The van der Waals surface area contributed by atoms with Crippen molar-refractivity contribution in [1.29, 1.82) is 5.26 Å². The third-order valence-electron chi connectivity index (χ3n) is 4.21. The monoisotopic (exact) mass is 377 g/mol. The predicted octanol–water partition coefficient (Wildman–Crippen LogP) is 1.64. The number of nitrogens with two attached hydrogens (primary N) is 1. The van der Waals surface area contributed by atoms with Crippen LogP contribution in [0.2, 0.25) is 10.0 Å². The molecule has 1 aromatic heterocycles.